The lowest BCUT2D eigenvalue weighted by molar-refractivity contribution is -0.359. The predicted molar refractivity (Wildman–Crippen MR) is 342 cm³/mol. The number of allylic oxidation sites excluding steroid dienone is 3. The van der Waals surface area contributed by atoms with Gasteiger partial charge >= 0.3 is 0 Å². The van der Waals surface area contributed by atoms with Crippen molar-refractivity contribution in [3.63, 3.8) is 0 Å². The van der Waals surface area contributed by atoms with Crippen molar-refractivity contribution in [1.82, 2.24) is 5.32 Å². The van der Waals surface area contributed by atoms with Crippen molar-refractivity contribution in [1.29, 1.82) is 0 Å². The third-order valence-electron chi connectivity index (χ3n) is 17.6. The molecule has 2 heterocycles. The van der Waals surface area contributed by atoms with Gasteiger partial charge in [-0.05, 0) is 44.9 Å². The molecule has 1 amide bonds. The van der Waals surface area contributed by atoms with Crippen LogP contribution in [0.2, 0.25) is 0 Å². The molecule has 12 atom stereocenters. The van der Waals surface area contributed by atoms with Crippen LogP contribution in [0.15, 0.2) is 24.3 Å². The summed E-state index contributed by atoms with van der Waals surface area (Å²) in [6.07, 6.45) is 52.3. The van der Waals surface area contributed by atoms with Gasteiger partial charge < -0.3 is 65.1 Å². The maximum atomic E-state index is 13.3. The lowest BCUT2D eigenvalue weighted by atomic mass is 9.97. The van der Waals surface area contributed by atoms with E-state index in [0.717, 1.165) is 38.5 Å². The molecule has 84 heavy (non-hydrogen) atoms. The van der Waals surface area contributed by atoms with Crippen LogP contribution >= 0.6 is 0 Å². The minimum Gasteiger partial charge on any atom is -0.394 e. The number of carbonyl (C=O) groups is 1. The van der Waals surface area contributed by atoms with Gasteiger partial charge in [0.25, 0.3) is 0 Å². The van der Waals surface area contributed by atoms with E-state index in [9.17, 15) is 45.6 Å². The highest BCUT2D eigenvalue weighted by atomic mass is 16.7. The molecule has 2 fully saturated rings. The topological polar surface area (TPSA) is 228 Å². The minimum absolute atomic E-state index is 0.236. The molecule has 0 saturated carbocycles. The van der Waals surface area contributed by atoms with Crippen LogP contribution in [-0.2, 0) is 23.7 Å². The summed E-state index contributed by atoms with van der Waals surface area (Å²) < 4.78 is 22.9. The molecular formula is C70H133NO13. The van der Waals surface area contributed by atoms with Crippen molar-refractivity contribution in [3.8, 4) is 0 Å². The van der Waals surface area contributed by atoms with Gasteiger partial charge in [0.1, 0.15) is 48.8 Å². The first-order chi connectivity index (χ1) is 41.1. The molecule has 0 aromatic heterocycles. The first kappa shape index (κ1) is 78.6. The molecule has 0 radical (unpaired) electrons. The fourth-order valence-electron chi connectivity index (χ4n) is 11.9. The maximum absolute atomic E-state index is 13.3. The average molecular weight is 1200 g/mol. The molecule has 9 N–H and O–H groups in total. The summed E-state index contributed by atoms with van der Waals surface area (Å²) in [6, 6.07) is -0.915. The molecule has 0 aromatic carbocycles. The largest absolute Gasteiger partial charge is 0.394 e. The number of rotatable bonds is 59. The van der Waals surface area contributed by atoms with Gasteiger partial charge in [-0.15, -0.1) is 0 Å². The van der Waals surface area contributed by atoms with Crippen LogP contribution in [0.25, 0.3) is 0 Å². The molecule has 14 nitrogen and oxygen atoms in total. The summed E-state index contributed by atoms with van der Waals surface area (Å²) in [5.74, 6) is -0.236. The van der Waals surface area contributed by atoms with Crippen molar-refractivity contribution < 1.29 is 64.6 Å². The molecule has 14 heteroatoms. The molecule has 2 aliphatic rings. The zero-order valence-electron chi connectivity index (χ0n) is 53.9. The summed E-state index contributed by atoms with van der Waals surface area (Å²) in [4.78, 5) is 13.3. The Morgan fingerprint density at radius 1 is 0.417 bits per heavy atom. The fraction of sp³-hybridized carbons (Fsp3) is 0.929. The van der Waals surface area contributed by atoms with Crippen LogP contribution in [0, 0.1) is 0 Å². The lowest BCUT2D eigenvalue weighted by Crippen LogP contribution is -2.65. The molecule has 2 aliphatic heterocycles. The van der Waals surface area contributed by atoms with E-state index < -0.39 is 86.8 Å². The second-order valence-corrected chi connectivity index (χ2v) is 25.4. The summed E-state index contributed by atoms with van der Waals surface area (Å²) in [5.41, 5.74) is 0. The van der Waals surface area contributed by atoms with E-state index in [2.05, 4.69) is 31.3 Å². The zero-order chi connectivity index (χ0) is 60.9. The van der Waals surface area contributed by atoms with E-state index >= 15 is 0 Å². The number of aliphatic hydroxyl groups excluding tert-OH is 8. The van der Waals surface area contributed by atoms with E-state index in [1.807, 2.05) is 6.08 Å². The van der Waals surface area contributed by atoms with Crippen LogP contribution in [0.4, 0.5) is 0 Å². The van der Waals surface area contributed by atoms with Crippen LogP contribution in [0.1, 0.15) is 322 Å². The van der Waals surface area contributed by atoms with Gasteiger partial charge in [-0.1, -0.05) is 295 Å². The summed E-state index contributed by atoms with van der Waals surface area (Å²) in [6.45, 7) is 2.85. The van der Waals surface area contributed by atoms with Gasteiger partial charge in [0, 0.05) is 6.42 Å². The van der Waals surface area contributed by atoms with Gasteiger partial charge in [0.2, 0.25) is 5.91 Å². The Balaban J connectivity index is 1.67. The predicted octanol–water partition coefficient (Wildman–Crippen LogP) is 14.3. The van der Waals surface area contributed by atoms with Gasteiger partial charge in [-0.2, -0.15) is 0 Å². The van der Waals surface area contributed by atoms with Crippen molar-refractivity contribution in [3.05, 3.63) is 24.3 Å². The Morgan fingerprint density at radius 3 is 1.13 bits per heavy atom. The fourth-order valence-corrected chi connectivity index (χ4v) is 11.9. The first-order valence-electron chi connectivity index (χ1n) is 35.6. The van der Waals surface area contributed by atoms with Gasteiger partial charge in [0.15, 0.2) is 12.6 Å². The average Bonchev–Trinajstić information content (AvgIpc) is 3.18. The van der Waals surface area contributed by atoms with Crippen LogP contribution < -0.4 is 5.32 Å². The van der Waals surface area contributed by atoms with Crippen molar-refractivity contribution in [2.45, 2.75) is 396 Å². The molecule has 0 bridgehead atoms. The quantitative estimate of drug-likeness (QED) is 0.0204. The van der Waals surface area contributed by atoms with Crippen LogP contribution in [-0.4, -0.2) is 140 Å². The molecule has 12 unspecified atom stereocenters. The molecule has 0 aliphatic carbocycles. The molecule has 496 valence electrons. The third kappa shape index (κ3) is 39.5. The molecule has 0 spiro atoms. The summed E-state index contributed by atoms with van der Waals surface area (Å²) >= 11 is 0. The molecule has 2 rings (SSSR count). The highest BCUT2D eigenvalue weighted by Crippen LogP contribution is 2.30. The number of aliphatic hydroxyl groups is 8. The van der Waals surface area contributed by atoms with E-state index in [1.54, 1.807) is 6.08 Å². The van der Waals surface area contributed by atoms with E-state index in [4.69, 9.17) is 18.9 Å². The Hall–Kier alpha value is -1.53. The highest BCUT2D eigenvalue weighted by molar-refractivity contribution is 5.76. The monoisotopic (exact) mass is 1200 g/mol. The van der Waals surface area contributed by atoms with E-state index in [1.165, 1.54) is 257 Å². The zero-order valence-corrected chi connectivity index (χ0v) is 53.9. The number of unbranched alkanes of at least 4 members (excludes halogenated alkanes) is 44. The number of nitrogens with one attached hydrogen (secondary N) is 1. The van der Waals surface area contributed by atoms with E-state index in [0.29, 0.717) is 6.42 Å². The molecule has 2 saturated heterocycles. The number of hydrogen-bond acceptors (Lipinski definition) is 13. The number of hydrogen-bond donors (Lipinski definition) is 9. The normalized spacial score (nSPS) is 23.7. The van der Waals surface area contributed by atoms with Crippen molar-refractivity contribution in [2.75, 3.05) is 19.8 Å². The number of ether oxygens (including phenoxy) is 4. The lowest BCUT2D eigenvalue weighted by Gasteiger charge is -2.46. The van der Waals surface area contributed by atoms with Gasteiger partial charge in [0.05, 0.1) is 32.0 Å². The highest BCUT2D eigenvalue weighted by Gasteiger charge is 2.51. The summed E-state index contributed by atoms with van der Waals surface area (Å²) in [7, 11) is 0. The van der Waals surface area contributed by atoms with Crippen molar-refractivity contribution in [2.24, 2.45) is 0 Å². The smallest absolute Gasteiger partial charge is 0.220 e. The first-order valence-corrected chi connectivity index (χ1v) is 35.6. The number of amides is 1. The Kier molecular flexibility index (Phi) is 51.9. The Bertz CT molecular complexity index is 1500. The van der Waals surface area contributed by atoms with Crippen LogP contribution in [0.3, 0.4) is 0 Å². The maximum Gasteiger partial charge on any atom is 0.220 e. The Morgan fingerprint density at radius 2 is 0.750 bits per heavy atom. The van der Waals surface area contributed by atoms with Crippen molar-refractivity contribution >= 4 is 5.91 Å². The minimum atomic E-state index is -1.79. The van der Waals surface area contributed by atoms with Gasteiger partial charge in [-0.3, -0.25) is 4.79 Å². The SMILES string of the molecule is CCCCCCCCCC/C=C\CCCCCCCCCCCC(=O)NC(COC1OC(CO)C(OC2OC(CO)C(O)C(O)C2O)C(O)C1O)C(O)/C=C/CCCCCCCCCCCCCCCCCCCCCCCCCCCCC. The van der Waals surface area contributed by atoms with Crippen LogP contribution in [0.5, 0.6) is 0 Å². The number of carbonyl (C=O) groups excluding carboxylic acids is 1. The van der Waals surface area contributed by atoms with Gasteiger partial charge in [-0.25, -0.2) is 0 Å². The molecular weight excluding hydrogens is 1060 g/mol. The third-order valence-corrected chi connectivity index (χ3v) is 17.6. The van der Waals surface area contributed by atoms with E-state index in [-0.39, 0.29) is 18.9 Å². The summed E-state index contributed by atoms with van der Waals surface area (Å²) in [5, 5.41) is 87.4. The second kappa shape index (κ2) is 55.5. The Labute approximate surface area is 513 Å². The standard InChI is InChI=1S/C70H133NO13/c1-3-5-7-9-11-13-15-17-19-21-23-25-26-27-28-29-30-31-32-34-35-37-39-41-43-45-47-49-51-53-59(74)58(57-81-69-67(80)65(78)68(61(56-73)83-69)84-70-66(79)64(77)63(76)60(55-72)82-70)71-62(75)54-52-50-48-46-44-42-40-38-36-33-24-22-20-18-16-14-12-10-8-6-4-2/h22,24,51,53,58-61,63-70,72-74,76-80H,3-21,23,25-50,52,54-57H2,1-2H3,(H,71,75)/b24-22-,53-51+. The second-order valence-electron chi connectivity index (χ2n) is 25.4. The molecule has 0 aromatic rings.